The van der Waals surface area contributed by atoms with Crippen LogP contribution in [0.15, 0.2) is 54.2 Å². The molecule has 0 aliphatic heterocycles. The van der Waals surface area contributed by atoms with Gasteiger partial charge in [0.1, 0.15) is 11.6 Å². The lowest BCUT2D eigenvalue weighted by Gasteiger charge is -2.09. The van der Waals surface area contributed by atoms with Gasteiger partial charge in [-0.3, -0.25) is 0 Å². The third-order valence-corrected chi connectivity index (χ3v) is 3.22. The Labute approximate surface area is 129 Å². The topological polar surface area (TPSA) is 30.8 Å². The number of halogens is 1. The van der Waals surface area contributed by atoms with E-state index in [-0.39, 0.29) is 5.82 Å². The van der Waals surface area contributed by atoms with Gasteiger partial charge in [0.25, 0.3) is 0 Å². The summed E-state index contributed by atoms with van der Waals surface area (Å²) in [6.45, 7) is 7.57. The number of aryl methyl sites for hydroxylation is 1. The van der Waals surface area contributed by atoms with Gasteiger partial charge < -0.3 is 9.57 Å². The highest BCUT2D eigenvalue weighted by Gasteiger charge is 2.09. The van der Waals surface area contributed by atoms with Crippen molar-refractivity contribution >= 4 is 11.5 Å². The molecule has 0 N–H and O–H groups in total. The highest BCUT2D eigenvalue weighted by atomic mass is 19.1. The van der Waals surface area contributed by atoms with Crippen LogP contribution in [0.3, 0.4) is 0 Å². The van der Waals surface area contributed by atoms with E-state index < -0.39 is 0 Å². The zero-order valence-corrected chi connectivity index (χ0v) is 12.9. The minimum atomic E-state index is -0.359. The Morgan fingerprint density at radius 3 is 2.45 bits per heavy atom. The molecule has 0 aliphatic carbocycles. The molecule has 114 valence electrons. The molecule has 0 atom stereocenters. The van der Waals surface area contributed by atoms with Crippen LogP contribution in [0, 0.1) is 12.7 Å². The number of hydrogen-bond acceptors (Lipinski definition) is 3. The summed E-state index contributed by atoms with van der Waals surface area (Å²) < 4.78 is 18.6. The zero-order valence-electron chi connectivity index (χ0n) is 12.9. The third kappa shape index (κ3) is 3.73. The molecule has 0 fully saturated rings. The Bertz CT molecular complexity index is 706. The molecule has 0 saturated carbocycles. The molecule has 2 rings (SSSR count). The number of rotatable bonds is 5. The first-order chi connectivity index (χ1) is 10.5. The van der Waals surface area contributed by atoms with Crippen LogP contribution in [0.25, 0.3) is 5.76 Å². The number of benzene rings is 2. The van der Waals surface area contributed by atoms with Crippen LogP contribution >= 0.6 is 0 Å². The number of hydrogen-bond donors (Lipinski definition) is 0. The van der Waals surface area contributed by atoms with Crippen molar-refractivity contribution in [3.8, 4) is 5.75 Å². The molecule has 0 bridgehead atoms. The Kier molecular flexibility index (Phi) is 4.94. The highest BCUT2D eigenvalue weighted by molar-refractivity contribution is 6.00. The molecule has 3 nitrogen and oxygen atoms in total. The molecule has 0 aromatic heterocycles. The molecule has 4 heteroatoms. The molecule has 0 spiro atoms. The van der Waals surface area contributed by atoms with E-state index >= 15 is 0 Å². The molecule has 0 heterocycles. The minimum Gasteiger partial charge on any atom is -0.496 e. The van der Waals surface area contributed by atoms with Crippen LogP contribution in [0.2, 0.25) is 0 Å². The molecular formula is C18H18FNO2. The van der Waals surface area contributed by atoms with Crippen LogP contribution < -0.4 is 4.74 Å². The Balaban J connectivity index is 2.17. The van der Waals surface area contributed by atoms with Gasteiger partial charge in [-0.2, -0.15) is 0 Å². The summed E-state index contributed by atoms with van der Waals surface area (Å²) in [5.74, 6) is 0.602. The quantitative estimate of drug-likeness (QED) is 0.460. The second-order valence-electron chi connectivity index (χ2n) is 4.90. The number of ether oxygens (including phenoxy) is 1. The molecule has 0 amide bonds. The Morgan fingerprint density at radius 1 is 1.14 bits per heavy atom. The van der Waals surface area contributed by atoms with Gasteiger partial charge in [-0.1, -0.05) is 41.6 Å². The van der Waals surface area contributed by atoms with Crippen LogP contribution in [0.1, 0.15) is 23.6 Å². The van der Waals surface area contributed by atoms with E-state index in [9.17, 15) is 4.39 Å². The second kappa shape index (κ2) is 6.89. The van der Waals surface area contributed by atoms with E-state index in [2.05, 4.69) is 11.7 Å². The Morgan fingerprint density at radius 2 is 1.82 bits per heavy atom. The van der Waals surface area contributed by atoms with Crippen LogP contribution in [0.5, 0.6) is 5.75 Å². The van der Waals surface area contributed by atoms with Gasteiger partial charge in [0.2, 0.25) is 0 Å². The molecule has 0 radical (unpaired) electrons. The van der Waals surface area contributed by atoms with Gasteiger partial charge in [0.15, 0.2) is 5.76 Å². The summed E-state index contributed by atoms with van der Waals surface area (Å²) in [6.07, 6.45) is 0. The van der Waals surface area contributed by atoms with Crippen LogP contribution in [0.4, 0.5) is 4.39 Å². The van der Waals surface area contributed by atoms with Crippen molar-refractivity contribution in [1.29, 1.82) is 0 Å². The van der Waals surface area contributed by atoms with E-state index in [1.54, 1.807) is 13.0 Å². The van der Waals surface area contributed by atoms with Gasteiger partial charge in [-0.15, -0.1) is 0 Å². The zero-order chi connectivity index (χ0) is 16.1. The monoisotopic (exact) mass is 299 g/mol. The number of methoxy groups -OCH3 is 1. The van der Waals surface area contributed by atoms with Gasteiger partial charge in [0.05, 0.1) is 12.8 Å². The second-order valence-corrected chi connectivity index (χ2v) is 4.90. The van der Waals surface area contributed by atoms with E-state index in [4.69, 9.17) is 9.57 Å². The molecule has 2 aromatic carbocycles. The van der Waals surface area contributed by atoms with Gasteiger partial charge >= 0.3 is 0 Å². The third-order valence-electron chi connectivity index (χ3n) is 3.22. The molecule has 22 heavy (non-hydrogen) atoms. The van der Waals surface area contributed by atoms with Gasteiger partial charge in [-0.05, 0) is 32.0 Å². The molecule has 2 aromatic rings. The summed E-state index contributed by atoms with van der Waals surface area (Å²) in [5.41, 5.74) is 3.04. The number of oxime groups is 1. The standard InChI is InChI=1S/C18H18FNO2/c1-12-5-7-15(8-6-12)14(3)22-20-13(2)17-11-16(19)9-10-18(17)21-4/h5-11H,3H2,1-2,4H3/b20-13+. The number of nitrogens with zero attached hydrogens (tertiary/aromatic N) is 1. The van der Waals surface area contributed by atoms with Gasteiger partial charge in [0, 0.05) is 11.1 Å². The molecule has 0 unspecified atom stereocenters. The van der Waals surface area contributed by atoms with E-state index in [0.717, 1.165) is 11.1 Å². The average molecular weight is 299 g/mol. The van der Waals surface area contributed by atoms with E-state index in [0.29, 0.717) is 22.8 Å². The summed E-state index contributed by atoms with van der Waals surface area (Å²) in [7, 11) is 1.52. The van der Waals surface area contributed by atoms with Crippen molar-refractivity contribution in [2.45, 2.75) is 13.8 Å². The molecule has 0 aliphatic rings. The van der Waals surface area contributed by atoms with E-state index in [1.165, 1.54) is 19.2 Å². The lowest BCUT2D eigenvalue weighted by Crippen LogP contribution is -2.01. The normalized spacial score (nSPS) is 11.2. The van der Waals surface area contributed by atoms with Gasteiger partial charge in [-0.25, -0.2) is 4.39 Å². The van der Waals surface area contributed by atoms with Crippen molar-refractivity contribution in [2.75, 3.05) is 7.11 Å². The first-order valence-electron chi connectivity index (χ1n) is 6.82. The summed E-state index contributed by atoms with van der Waals surface area (Å²) >= 11 is 0. The first kappa shape index (κ1) is 15.8. The summed E-state index contributed by atoms with van der Waals surface area (Å²) in [5, 5.41) is 4.01. The lowest BCUT2D eigenvalue weighted by molar-refractivity contribution is 0.298. The maximum absolute atomic E-state index is 13.4. The van der Waals surface area contributed by atoms with Crippen molar-refractivity contribution < 1.29 is 14.0 Å². The smallest absolute Gasteiger partial charge is 0.158 e. The maximum atomic E-state index is 13.4. The predicted octanol–water partition coefficient (Wildman–Crippen LogP) is 4.55. The first-order valence-corrected chi connectivity index (χ1v) is 6.82. The fraction of sp³-hybridized carbons (Fsp3) is 0.167. The molecular weight excluding hydrogens is 281 g/mol. The lowest BCUT2D eigenvalue weighted by atomic mass is 10.1. The fourth-order valence-electron chi connectivity index (χ4n) is 1.93. The predicted molar refractivity (Wildman–Crippen MR) is 86.5 cm³/mol. The fourth-order valence-corrected chi connectivity index (χ4v) is 1.93. The Hall–Kier alpha value is -2.62. The molecule has 0 saturated heterocycles. The van der Waals surface area contributed by atoms with Crippen molar-refractivity contribution in [3.63, 3.8) is 0 Å². The largest absolute Gasteiger partial charge is 0.496 e. The van der Waals surface area contributed by atoms with Crippen molar-refractivity contribution in [3.05, 3.63) is 71.6 Å². The van der Waals surface area contributed by atoms with Crippen LogP contribution in [-0.2, 0) is 4.84 Å². The summed E-state index contributed by atoms with van der Waals surface area (Å²) in [6, 6.07) is 12.0. The van der Waals surface area contributed by atoms with Crippen LogP contribution in [-0.4, -0.2) is 12.8 Å². The van der Waals surface area contributed by atoms with Crippen molar-refractivity contribution in [2.24, 2.45) is 5.16 Å². The minimum absolute atomic E-state index is 0.359. The highest BCUT2D eigenvalue weighted by Crippen LogP contribution is 2.21. The maximum Gasteiger partial charge on any atom is 0.158 e. The SMILES string of the molecule is C=C(O/N=C(\C)c1cc(F)ccc1OC)c1ccc(C)cc1. The van der Waals surface area contributed by atoms with Crippen molar-refractivity contribution in [1.82, 2.24) is 0 Å². The van der Waals surface area contributed by atoms with E-state index in [1.807, 2.05) is 31.2 Å². The summed E-state index contributed by atoms with van der Waals surface area (Å²) in [4.78, 5) is 5.34. The average Bonchev–Trinajstić information content (AvgIpc) is 2.53.